The quantitative estimate of drug-likeness (QED) is 0.460. The molecule has 9 heteroatoms. The van der Waals surface area contributed by atoms with Gasteiger partial charge in [-0.3, -0.25) is 14.4 Å². The Balaban J connectivity index is 1.87. The van der Waals surface area contributed by atoms with E-state index in [2.05, 4.69) is 16.0 Å². The van der Waals surface area contributed by atoms with Crippen LogP contribution in [0.2, 0.25) is 0 Å². The smallest absolute Gasteiger partial charge is 0.326 e. The van der Waals surface area contributed by atoms with Gasteiger partial charge in [-0.25, -0.2) is 4.79 Å². The molecule has 0 aromatic rings. The summed E-state index contributed by atoms with van der Waals surface area (Å²) in [6.07, 6.45) is 2.72. The summed E-state index contributed by atoms with van der Waals surface area (Å²) in [4.78, 5) is 49.4. The van der Waals surface area contributed by atoms with Gasteiger partial charge in [0.25, 0.3) is 0 Å². The summed E-state index contributed by atoms with van der Waals surface area (Å²) in [6, 6.07) is -1.86. The van der Waals surface area contributed by atoms with Gasteiger partial charge in [0, 0.05) is 6.54 Å². The van der Waals surface area contributed by atoms with Crippen molar-refractivity contribution in [1.29, 1.82) is 0 Å². The van der Waals surface area contributed by atoms with E-state index in [1.165, 1.54) is 4.90 Å². The molecule has 2 aliphatic rings. The molecule has 146 valence electrons. The molecule has 3 amide bonds. The van der Waals surface area contributed by atoms with Gasteiger partial charge in [0.15, 0.2) is 0 Å². The second-order valence-corrected chi connectivity index (χ2v) is 7.18. The number of aliphatic carboxylic acids is 1. The minimum atomic E-state index is -1.03. The van der Waals surface area contributed by atoms with E-state index in [9.17, 15) is 19.2 Å². The van der Waals surface area contributed by atoms with E-state index < -0.39 is 29.9 Å². The fraction of sp³-hybridized carbons (Fsp3) is 0.765. The van der Waals surface area contributed by atoms with Crippen molar-refractivity contribution in [2.45, 2.75) is 57.7 Å². The van der Waals surface area contributed by atoms with E-state index >= 15 is 0 Å². The maximum absolute atomic E-state index is 12.4. The fourth-order valence-electron chi connectivity index (χ4n) is 3.39. The third kappa shape index (κ3) is 4.94. The summed E-state index contributed by atoms with van der Waals surface area (Å²) < 4.78 is 0. The average Bonchev–Trinajstić information content (AvgIpc) is 3.27. The zero-order valence-corrected chi connectivity index (χ0v) is 15.3. The van der Waals surface area contributed by atoms with Gasteiger partial charge in [-0.15, -0.1) is 0 Å². The van der Waals surface area contributed by atoms with E-state index in [0.717, 1.165) is 19.4 Å². The van der Waals surface area contributed by atoms with Gasteiger partial charge in [-0.2, -0.15) is 0 Å². The van der Waals surface area contributed by atoms with Crippen LogP contribution < -0.4 is 16.0 Å². The van der Waals surface area contributed by atoms with Gasteiger partial charge in [0.2, 0.25) is 17.7 Å². The highest BCUT2D eigenvalue weighted by atomic mass is 16.4. The van der Waals surface area contributed by atoms with Crippen LogP contribution in [0.15, 0.2) is 0 Å². The molecule has 26 heavy (non-hydrogen) atoms. The zero-order valence-electron chi connectivity index (χ0n) is 15.3. The number of carbonyl (C=O) groups is 4. The Morgan fingerprint density at radius 2 is 1.92 bits per heavy atom. The van der Waals surface area contributed by atoms with Crippen LogP contribution in [0.1, 0.15) is 39.5 Å². The molecule has 3 atom stereocenters. The average molecular weight is 368 g/mol. The summed E-state index contributed by atoms with van der Waals surface area (Å²) in [5.74, 6) is -2.25. The number of rotatable bonds is 7. The van der Waals surface area contributed by atoms with E-state index in [1.54, 1.807) is 0 Å². The number of likely N-dealkylation sites (tertiary alicyclic amines) is 1. The number of carboxylic acids is 1. The standard InChI is InChI=1S/C17H28N4O5/c1-10(2)14(20-15(23)11-5-3-7-18-11)16(24)19-9-13(22)21-8-4-6-12(21)17(25)26/h10-12,14,18H,3-9H2,1-2H3,(H,19,24)(H,20,23)(H,25,26)/t11-,12-,14-/m0/s1. The van der Waals surface area contributed by atoms with Crippen molar-refractivity contribution in [3.05, 3.63) is 0 Å². The molecule has 9 nitrogen and oxygen atoms in total. The van der Waals surface area contributed by atoms with E-state index in [0.29, 0.717) is 19.4 Å². The molecule has 0 aliphatic carbocycles. The predicted octanol–water partition coefficient (Wildman–Crippen LogP) is -0.929. The zero-order chi connectivity index (χ0) is 19.3. The van der Waals surface area contributed by atoms with Gasteiger partial charge >= 0.3 is 5.97 Å². The second kappa shape index (κ2) is 8.98. The van der Waals surface area contributed by atoms with Crippen LogP contribution in [0.4, 0.5) is 0 Å². The Hall–Kier alpha value is -2.16. The molecular formula is C17H28N4O5. The largest absolute Gasteiger partial charge is 0.480 e. The number of nitrogens with one attached hydrogen (secondary N) is 3. The number of carboxylic acid groups (broad SMARTS) is 1. The Labute approximate surface area is 152 Å². The molecule has 0 aromatic heterocycles. The molecule has 0 spiro atoms. The van der Waals surface area contributed by atoms with E-state index in [4.69, 9.17) is 5.11 Å². The van der Waals surface area contributed by atoms with Gasteiger partial charge < -0.3 is 26.0 Å². The third-order valence-electron chi connectivity index (χ3n) is 4.90. The van der Waals surface area contributed by atoms with Gasteiger partial charge in [0.05, 0.1) is 12.6 Å². The first-order valence-corrected chi connectivity index (χ1v) is 9.15. The first kappa shape index (κ1) is 20.2. The topological polar surface area (TPSA) is 128 Å². The van der Waals surface area contributed by atoms with E-state index in [-0.39, 0.29) is 24.4 Å². The molecule has 2 heterocycles. The molecule has 2 fully saturated rings. The van der Waals surface area contributed by atoms with Gasteiger partial charge in [-0.05, 0) is 38.1 Å². The van der Waals surface area contributed by atoms with Crippen LogP contribution in [-0.2, 0) is 19.2 Å². The predicted molar refractivity (Wildman–Crippen MR) is 93.2 cm³/mol. The van der Waals surface area contributed by atoms with Crippen LogP contribution in [0.3, 0.4) is 0 Å². The summed E-state index contributed by atoms with van der Waals surface area (Å²) in [6.45, 7) is 4.52. The third-order valence-corrected chi connectivity index (χ3v) is 4.90. The molecular weight excluding hydrogens is 340 g/mol. The Bertz CT molecular complexity index is 559. The van der Waals surface area contributed by atoms with Crippen molar-refractivity contribution in [2.75, 3.05) is 19.6 Å². The number of hydrogen-bond acceptors (Lipinski definition) is 5. The minimum Gasteiger partial charge on any atom is -0.480 e. The Morgan fingerprint density at radius 1 is 1.19 bits per heavy atom. The highest BCUT2D eigenvalue weighted by Crippen LogP contribution is 2.17. The lowest BCUT2D eigenvalue weighted by molar-refractivity contribution is -0.148. The Kier molecular flexibility index (Phi) is 6.96. The van der Waals surface area contributed by atoms with Crippen molar-refractivity contribution >= 4 is 23.7 Å². The van der Waals surface area contributed by atoms with Gasteiger partial charge in [-0.1, -0.05) is 13.8 Å². The van der Waals surface area contributed by atoms with Crippen LogP contribution in [0.5, 0.6) is 0 Å². The molecule has 0 radical (unpaired) electrons. The molecule has 2 aliphatic heterocycles. The number of amides is 3. The van der Waals surface area contributed by atoms with Crippen molar-refractivity contribution in [3.63, 3.8) is 0 Å². The molecule has 0 saturated carbocycles. The summed E-state index contributed by atoms with van der Waals surface area (Å²) in [7, 11) is 0. The molecule has 0 bridgehead atoms. The molecule has 2 rings (SSSR count). The molecule has 0 aromatic carbocycles. The van der Waals surface area contributed by atoms with Crippen molar-refractivity contribution in [1.82, 2.24) is 20.9 Å². The van der Waals surface area contributed by atoms with Crippen LogP contribution in [0.25, 0.3) is 0 Å². The highest BCUT2D eigenvalue weighted by molar-refractivity contribution is 5.93. The number of nitrogens with zero attached hydrogens (tertiary/aromatic N) is 1. The monoisotopic (exact) mass is 368 g/mol. The minimum absolute atomic E-state index is 0.144. The molecule has 2 saturated heterocycles. The van der Waals surface area contributed by atoms with E-state index in [1.807, 2.05) is 13.8 Å². The fourth-order valence-corrected chi connectivity index (χ4v) is 3.39. The number of hydrogen-bond donors (Lipinski definition) is 4. The first-order valence-electron chi connectivity index (χ1n) is 9.15. The molecule has 0 unspecified atom stereocenters. The van der Waals surface area contributed by atoms with Crippen LogP contribution in [-0.4, -0.2) is 71.5 Å². The SMILES string of the molecule is CC(C)[C@H](NC(=O)[C@@H]1CCCN1)C(=O)NCC(=O)N1CCC[C@H]1C(=O)O. The summed E-state index contributed by atoms with van der Waals surface area (Å²) >= 11 is 0. The highest BCUT2D eigenvalue weighted by Gasteiger charge is 2.34. The van der Waals surface area contributed by atoms with Crippen LogP contribution in [0, 0.1) is 5.92 Å². The second-order valence-electron chi connectivity index (χ2n) is 7.18. The lowest BCUT2D eigenvalue weighted by Gasteiger charge is -2.25. The Morgan fingerprint density at radius 3 is 2.50 bits per heavy atom. The first-order chi connectivity index (χ1) is 12.3. The normalized spacial score (nSPS) is 23.7. The summed E-state index contributed by atoms with van der Waals surface area (Å²) in [5.41, 5.74) is 0. The lowest BCUT2D eigenvalue weighted by Crippen LogP contribution is -2.55. The number of carbonyl (C=O) groups excluding carboxylic acids is 3. The van der Waals surface area contributed by atoms with Gasteiger partial charge in [0.1, 0.15) is 12.1 Å². The maximum Gasteiger partial charge on any atom is 0.326 e. The summed E-state index contributed by atoms with van der Waals surface area (Å²) in [5, 5.41) is 17.5. The van der Waals surface area contributed by atoms with Crippen molar-refractivity contribution < 1.29 is 24.3 Å². The van der Waals surface area contributed by atoms with Crippen molar-refractivity contribution in [3.8, 4) is 0 Å². The lowest BCUT2D eigenvalue weighted by atomic mass is 10.0. The van der Waals surface area contributed by atoms with Crippen molar-refractivity contribution in [2.24, 2.45) is 5.92 Å². The maximum atomic E-state index is 12.4. The van der Waals surface area contributed by atoms with Crippen LogP contribution >= 0.6 is 0 Å². The molecule has 4 N–H and O–H groups in total.